The van der Waals surface area contributed by atoms with Crippen molar-refractivity contribution in [2.24, 2.45) is 0 Å². The molecule has 0 radical (unpaired) electrons. The molecular formula is C6H5Cl2N3. The third-order valence-electron chi connectivity index (χ3n) is 0.690. The SMILES string of the molecule is ClCCl.N#Cc1cncnc1. The van der Waals surface area contributed by atoms with Gasteiger partial charge >= 0.3 is 0 Å². The van der Waals surface area contributed by atoms with Crippen molar-refractivity contribution >= 4 is 23.2 Å². The maximum Gasteiger partial charge on any atom is 0.115 e. The lowest BCUT2D eigenvalue weighted by Crippen LogP contribution is -1.77. The fourth-order valence-corrected chi connectivity index (χ4v) is 0.357. The van der Waals surface area contributed by atoms with E-state index in [9.17, 15) is 0 Å². The number of rotatable bonds is 0. The molecule has 0 N–H and O–H groups in total. The number of halogens is 2. The van der Waals surface area contributed by atoms with Crippen LogP contribution in [0.3, 0.4) is 0 Å². The van der Waals surface area contributed by atoms with Gasteiger partial charge in [-0.1, -0.05) is 0 Å². The summed E-state index contributed by atoms with van der Waals surface area (Å²) in [6.45, 7) is 0. The first-order chi connectivity index (χ1) is 5.35. The minimum absolute atomic E-state index is 0.194. The molecule has 0 fully saturated rings. The van der Waals surface area contributed by atoms with E-state index in [0.29, 0.717) is 5.56 Å². The summed E-state index contributed by atoms with van der Waals surface area (Å²) in [5.41, 5.74) is 0.493. The summed E-state index contributed by atoms with van der Waals surface area (Å²) < 4.78 is 0. The van der Waals surface area contributed by atoms with E-state index in [0.717, 1.165) is 0 Å². The van der Waals surface area contributed by atoms with Gasteiger partial charge in [-0.2, -0.15) is 5.26 Å². The van der Waals surface area contributed by atoms with Crippen molar-refractivity contribution in [2.75, 3.05) is 5.34 Å². The molecule has 0 unspecified atom stereocenters. The van der Waals surface area contributed by atoms with E-state index in [-0.39, 0.29) is 5.34 Å². The van der Waals surface area contributed by atoms with Crippen LogP contribution in [0.1, 0.15) is 5.56 Å². The lowest BCUT2D eigenvalue weighted by molar-refractivity contribution is 1.15. The number of hydrogen-bond acceptors (Lipinski definition) is 3. The Bertz CT molecular complexity index is 219. The van der Waals surface area contributed by atoms with Crippen LogP contribution in [0.4, 0.5) is 0 Å². The van der Waals surface area contributed by atoms with E-state index in [1.807, 2.05) is 6.07 Å². The predicted octanol–water partition coefficient (Wildman–Crippen LogP) is 1.77. The van der Waals surface area contributed by atoms with Gasteiger partial charge in [0.25, 0.3) is 0 Å². The van der Waals surface area contributed by atoms with Gasteiger partial charge in [-0.15, -0.1) is 23.2 Å². The standard InChI is InChI=1S/C5H3N3.CH2Cl2/c6-1-5-2-7-4-8-3-5;2-1-3/h2-4H;1H2. The Kier molecular flexibility index (Phi) is 6.70. The molecule has 1 aromatic rings. The fraction of sp³-hybridized carbons (Fsp3) is 0.167. The summed E-state index contributed by atoms with van der Waals surface area (Å²) in [5, 5.41) is 8.40. The van der Waals surface area contributed by atoms with Gasteiger partial charge in [-0.3, -0.25) is 0 Å². The first kappa shape index (κ1) is 10.2. The molecule has 3 nitrogen and oxygen atoms in total. The average molecular weight is 190 g/mol. The van der Waals surface area contributed by atoms with Crippen LogP contribution in [0.5, 0.6) is 0 Å². The molecule has 0 saturated heterocycles. The minimum Gasteiger partial charge on any atom is -0.243 e. The highest BCUT2D eigenvalue weighted by atomic mass is 35.5. The Hall–Kier alpha value is -0.850. The van der Waals surface area contributed by atoms with Gasteiger partial charge in [0, 0.05) is 12.4 Å². The van der Waals surface area contributed by atoms with Gasteiger partial charge in [0.15, 0.2) is 0 Å². The third-order valence-corrected chi connectivity index (χ3v) is 0.690. The molecule has 1 aromatic heterocycles. The smallest absolute Gasteiger partial charge is 0.115 e. The lowest BCUT2D eigenvalue weighted by Gasteiger charge is -1.79. The molecule has 58 valence electrons. The van der Waals surface area contributed by atoms with Gasteiger partial charge in [0.2, 0.25) is 0 Å². The predicted molar refractivity (Wildman–Crippen MR) is 43.3 cm³/mol. The monoisotopic (exact) mass is 189 g/mol. The van der Waals surface area contributed by atoms with Crippen LogP contribution in [-0.2, 0) is 0 Å². The maximum absolute atomic E-state index is 8.21. The van der Waals surface area contributed by atoms with Crippen LogP contribution in [0.25, 0.3) is 0 Å². The van der Waals surface area contributed by atoms with Crippen molar-refractivity contribution in [3.8, 4) is 6.07 Å². The molecule has 0 bridgehead atoms. The zero-order chi connectivity index (χ0) is 8.53. The van der Waals surface area contributed by atoms with E-state index in [1.54, 1.807) is 0 Å². The van der Waals surface area contributed by atoms with E-state index in [2.05, 4.69) is 9.97 Å². The molecule has 0 aliphatic carbocycles. The summed E-state index contributed by atoms with van der Waals surface area (Å²) in [5.74, 6) is 0. The van der Waals surface area contributed by atoms with Crippen molar-refractivity contribution in [3.63, 3.8) is 0 Å². The summed E-state index contributed by atoms with van der Waals surface area (Å²) in [4.78, 5) is 7.24. The Morgan fingerprint density at radius 1 is 1.36 bits per heavy atom. The highest BCUT2D eigenvalue weighted by molar-refractivity contribution is 6.40. The zero-order valence-corrected chi connectivity index (χ0v) is 7.05. The molecule has 5 heteroatoms. The van der Waals surface area contributed by atoms with Gasteiger partial charge in [-0.25, -0.2) is 9.97 Å². The molecule has 0 aromatic carbocycles. The number of nitriles is 1. The Labute approximate surface area is 74.6 Å². The van der Waals surface area contributed by atoms with Crippen LogP contribution < -0.4 is 0 Å². The minimum atomic E-state index is 0.194. The van der Waals surface area contributed by atoms with E-state index in [1.165, 1.54) is 18.7 Å². The first-order valence-corrected chi connectivity index (χ1v) is 3.69. The molecule has 0 spiro atoms. The summed E-state index contributed by atoms with van der Waals surface area (Å²) >= 11 is 9.53. The average Bonchev–Trinajstić information content (AvgIpc) is 2.08. The van der Waals surface area contributed by atoms with E-state index >= 15 is 0 Å². The molecule has 0 amide bonds. The maximum atomic E-state index is 8.21. The number of hydrogen-bond donors (Lipinski definition) is 0. The van der Waals surface area contributed by atoms with Crippen molar-refractivity contribution in [2.45, 2.75) is 0 Å². The summed E-state index contributed by atoms with van der Waals surface area (Å²) in [6, 6.07) is 1.90. The van der Waals surface area contributed by atoms with E-state index in [4.69, 9.17) is 28.5 Å². The summed E-state index contributed by atoms with van der Waals surface area (Å²) in [6.07, 6.45) is 4.32. The lowest BCUT2D eigenvalue weighted by atomic mass is 10.4. The molecular weight excluding hydrogens is 185 g/mol. The second kappa shape index (κ2) is 7.26. The molecule has 0 aliphatic heterocycles. The highest BCUT2D eigenvalue weighted by Gasteiger charge is 1.82. The van der Waals surface area contributed by atoms with Crippen LogP contribution in [0, 0.1) is 11.3 Å². The second-order valence-corrected chi connectivity index (χ2v) is 2.15. The van der Waals surface area contributed by atoms with Gasteiger partial charge < -0.3 is 0 Å². The molecule has 1 rings (SSSR count). The van der Waals surface area contributed by atoms with Gasteiger partial charge in [0.05, 0.1) is 10.9 Å². The van der Waals surface area contributed by atoms with Crippen molar-refractivity contribution in [1.82, 2.24) is 9.97 Å². The van der Waals surface area contributed by atoms with Crippen LogP contribution in [0.15, 0.2) is 18.7 Å². The van der Waals surface area contributed by atoms with Gasteiger partial charge in [0.1, 0.15) is 12.4 Å². The molecule has 0 saturated carbocycles. The Morgan fingerprint density at radius 3 is 2.09 bits per heavy atom. The van der Waals surface area contributed by atoms with Crippen LogP contribution >= 0.6 is 23.2 Å². The van der Waals surface area contributed by atoms with Crippen LogP contribution in [0.2, 0.25) is 0 Å². The third kappa shape index (κ3) is 5.59. The largest absolute Gasteiger partial charge is 0.243 e. The van der Waals surface area contributed by atoms with Crippen molar-refractivity contribution in [3.05, 3.63) is 24.3 Å². The number of nitrogens with zero attached hydrogens (tertiary/aromatic N) is 3. The fourth-order valence-electron chi connectivity index (χ4n) is 0.357. The molecule has 11 heavy (non-hydrogen) atoms. The highest BCUT2D eigenvalue weighted by Crippen LogP contribution is 1.85. The Morgan fingerprint density at radius 2 is 1.82 bits per heavy atom. The van der Waals surface area contributed by atoms with Crippen molar-refractivity contribution < 1.29 is 0 Å². The normalized spacial score (nSPS) is 7.36. The van der Waals surface area contributed by atoms with Crippen molar-refractivity contribution in [1.29, 1.82) is 5.26 Å². The second-order valence-electron chi connectivity index (χ2n) is 1.34. The number of aromatic nitrogens is 2. The zero-order valence-electron chi connectivity index (χ0n) is 5.54. The quantitative estimate of drug-likeness (QED) is 0.585. The van der Waals surface area contributed by atoms with Crippen LogP contribution in [-0.4, -0.2) is 15.3 Å². The topological polar surface area (TPSA) is 49.6 Å². The summed E-state index contributed by atoms with van der Waals surface area (Å²) in [7, 11) is 0. The molecule has 0 aliphatic rings. The molecule has 0 atom stereocenters. The first-order valence-electron chi connectivity index (χ1n) is 2.62. The van der Waals surface area contributed by atoms with Gasteiger partial charge in [-0.05, 0) is 0 Å². The Balaban J connectivity index is 0.000000292. The van der Waals surface area contributed by atoms with E-state index < -0.39 is 0 Å². The number of alkyl halides is 2. The molecule has 1 heterocycles.